The van der Waals surface area contributed by atoms with Gasteiger partial charge in [-0.05, 0) is 61.9 Å². The van der Waals surface area contributed by atoms with Crippen LogP contribution in [-0.4, -0.2) is 55.5 Å². The molecule has 2 unspecified atom stereocenters. The molecule has 2 heterocycles. The van der Waals surface area contributed by atoms with Gasteiger partial charge in [-0.1, -0.05) is 65.9 Å². The zero-order valence-corrected chi connectivity index (χ0v) is 26.6. The molecule has 2 atom stereocenters. The molecule has 3 amide bonds. The Hall–Kier alpha value is -4.62. The number of nitrogens with one attached hydrogen (secondary N) is 3. The Labute approximate surface area is 271 Å². The van der Waals surface area contributed by atoms with Gasteiger partial charge in [0.15, 0.2) is 5.82 Å². The number of aromatic nitrogens is 4. The van der Waals surface area contributed by atoms with Gasteiger partial charge in [-0.2, -0.15) is 5.10 Å². The first-order chi connectivity index (χ1) is 22.1. The molecule has 4 N–H and O–H groups in total. The van der Waals surface area contributed by atoms with E-state index in [1.165, 1.54) is 18.3 Å². The minimum atomic E-state index is -1.69. The molecule has 0 radical (unpaired) electrons. The van der Waals surface area contributed by atoms with E-state index in [-0.39, 0.29) is 37.1 Å². The van der Waals surface area contributed by atoms with Crippen molar-refractivity contribution in [3.63, 3.8) is 0 Å². The van der Waals surface area contributed by atoms with Crippen LogP contribution in [0.4, 0.5) is 15.3 Å². The molecule has 13 heteroatoms. The molecule has 4 aromatic rings. The van der Waals surface area contributed by atoms with Crippen LogP contribution in [0.2, 0.25) is 0 Å². The van der Waals surface area contributed by atoms with Crippen LogP contribution in [0.25, 0.3) is 0 Å². The fraction of sp³-hybridized carbons (Fsp3) is 0.364. The lowest BCUT2D eigenvalue weighted by molar-refractivity contribution is -0.126. The SMILES string of the molecule is CC(C(=O)Nc1nnc(CCCCc2ccc(NC(=O)Cc3cccc(CNC(=O)CC(C)(O)CF)c3)nn2)s1)c1ccccc1. The Morgan fingerprint density at radius 3 is 2.39 bits per heavy atom. The number of anilines is 2. The highest BCUT2D eigenvalue weighted by Crippen LogP contribution is 2.21. The number of carbonyl (C=O) groups excluding carboxylic acids is 3. The summed E-state index contributed by atoms with van der Waals surface area (Å²) in [5.74, 6) is -0.786. The molecular formula is C33H38FN7O4S. The Morgan fingerprint density at radius 1 is 0.891 bits per heavy atom. The van der Waals surface area contributed by atoms with E-state index in [4.69, 9.17) is 0 Å². The number of amides is 3. The molecule has 4 rings (SSSR count). The lowest BCUT2D eigenvalue weighted by atomic mass is 10.0. The van der Waals surface area contributed by atoms with E-state index in [0.29, 0.717) is 17.4 Å². The van der Waals surface area contributed by atoms with Crippen LogP contribution < -0.4 is 16.0 Å². The molecule has 0 aliphatic heterocycles. The summed E-state index contributed by atoms with van der Waals surface area (Å²) in [4.78, 5) is 37.1. The first-order valence-corrected chi connectivity index (χ1v) is 15.9. The molecule has 242 valence electrons. The van der Waals surface area contributed by atoms with Gasteiger partial charge in [-0.15, -0.1) is 15.3 Å². The van der Waals surface area contributed by atoms with Crippen molar-refractivity contribution in [2.45, 2.75) is 70.4 Å². The van der Waals surface area contributed by atoms with Gasteiger partial charge < -0.3 is 21.1 Å². The number of aryl methyl sites for hydroxylation is 2. The summed E-state index contributed by atoms with van der Waals surface area (Å²) in [5, 5.41) is 36.0. The molecule has 0 aliphatic carbocycles. The number of alkyl halides is 1. The number of hydrogen-bond acceptors (Lipinski definition) is 9. The molecule has 2 aromatic carbocycles. The zero-order valence-electron chi connectivity index (χ0n) is 25.8. The summed E-state index contributed by atoms with van der Waals surface area (Å²) in [6.45, 7) is 2.31. The summed E-state index contributed by atoms with van der Waals surface area (Å²) in [7, 11) is 0. The molecule has 0 fully saturated rings. The number of unbranched alkanes of at least 4 members (excludes halogenated alkanes) is 1. The van der Waals surface area contributed by atoms with Crippen molar-refractivity contribution in [3.8, 4) is 0 Å². The smallest absolute Gasteiger partial charge is 0.233 e. The van der Waals surface area contributed by atoms with Gasteiger partial charge in [0.05, 0.1) is 30.1 Å². The van der Waals surface area contributed by atoms with Crippen LogP contribution in [0, 0.1) is 0 Å². The van der Waals surface area contributed by atoms with Gasteiger partial charge in [0.2, 0.25) is 22.9 Å². The van der Waals surface area contributed by atoms with Gasteiger partial charge >= 0.3 is 0 Å². The van der Waals surface area contributed by atoms with Crippen LogP contribution in [0.3, 0.4) is 0 Å². The summed E-state index contributed by atoms with van der Waals surface area (Å²) >= 11 is 1.38. The van der Waals surface area contributed by atoms with Crippen molar-refractivity contribution in [1.29, 1.82) is 0 Å². The molecule has 11 nitrogen and oxygen atoms in total. The Kier molecular flexibility index (Phi) is 12.4. The number of nitrogens with zero attached hydrogens (tertiary/aromatic N) is 4. The number of benzene rings is 2. The van der Waals surface area contributed by atoms with Gasteiger partial charge in [0, 0.05) is 13.0 Å². The predicted molar refractivity (Wildman–Crippen MR) is 174 cm³/mol. The molecule has 46 heavy (non-hydrogen) atoms. The van der Waals surface area contributed by atoms with Gasteiger partial charge in [-0.3, -0.25) is 14.4 Å². The Morgan fingerprint density at radius 2 is 1.65 bits per heavy atom. The number of halogens is 1. The van der Waals surface area contributed by atoms with Crippen LogP contribution in [0.5, 0.6) is 0 Å². The van der Waals surface area contributed by atoms with Crippen molar-refractivity contribution in [1.82, 2.24) is 25.7 Å². The van der Waals surface area contributed by atoms with Gasteiger partial charge in [0.25, 0.3) is 0 Å². The zero-order chi connectivity index (χ0) is 32.9. The number of rotatable bonds is 16. The fourth-order valence-corrected chi connectivity index (χ4v) is 5.32. The quantitative estimate of drug-likeness (QED) is 0.129. The van der Waals surface area contributed by atoms with Crippen molar-refractivity contribution in [3.05, 3.63) is 94.1 Å². The van der Waals surface area contributed by atoms with E-state index in [2.05, 4.69) is 36.3 Å². The molecule has 2 aromatic heterocycles. The average molecular weight is 648 g/mol. The second-order valence-electron chi connectivity index (χ2n) is 11.4. The molecule has 0 aliphatic rings. The summed E-state index contributed by atoms with van der Waals surface area (Å²) in [5.41, 5.74) is 1.57. The lowest BCUT2D eigenvalue weighted by Gasteiger charge is -2.18. The second kappa shape index (κ2) is 16.6. The monoisotopic (exact) mass is 647 g/mol. The number of hydrogen-bond donors (Lipinski definition) is 4. The molecule has 0 spiro atoms. The van der Waals surface area contributed by atoms with Gasteiger partial charge in [-0.25, -0.2) is 4.39 Å². The Bertz CT molecular complexity index is 1600. The number of carbonyl (C=O) groups is 3. The highest BCUT2D eigenvalue weighted by Gasteiger charge is 2.24. The van der Waals surface area contributed by atoms with Crippen molar-refractivity contribution < 1.29 is 23.9 Å². The normalized spacial score (nSPS) is 13.0. The maximum atomic E-state index is 12.8. The third kappa shape index (κ3) is 11.1. The maximum absolute atomic E-state index is 12.8. The minimum Gasteiger partial charge on any atom is -0.387 e. The van der Waals surface area contributed by atoms with Gasteiger partial charge in [0.1, 0.15) is 11.7 Å². The maximum Gasteiger partial charge on any atom is 0.233 e. The number of aliphatic hydroxyl groups is 1. The lowest BCUT2D eigenvalue weighted by Crippen LogP contribution is -2.35. The summed E-state index contributed by atoms with van der Waals surface area (Å²) < 4.78 is 12.8. The van der Waals surface area contributed by atoms with Crippen LogP contribution in [0.1, 0.15) is 66.4 Å². The third-order valence-corrected chi connectivity index (χ3v) is 8.02. The average Bonchev–Trinajstić information content (AvgIpc) is 3.49. The first-order valence-electron chi connectivity index (χ1n) is 15.0. The molecule has 0 saturated carbocycles. The summed E-state index contributed by atoms with van der Waals surface area (Å²) in [6.07, 6.45) is 2.94. The van der Waals surface area contributed by atoms with Crippen LogP contribution >= 0.6 is 11.3 Å². The minimum absolute atomic E-state index is 0.102. The van der Waals surface area contributed by atoms with Crippen LogP contribution in [-0.2, 0) is 40.2 Å². The van der Waals surface area contributed by atoms with Crippen molar-refractivity contribution >= 4 is 40.0 Å². The van der Waals surface area contributed by atoms with E-state index >= 15 is 0 Å². The Balaban J connectivity index is 1.15. The highest BCUT2D eigenvalue weighted by atomic mass is 32.1. The topological polar surface area (TPSA) is 159 Å². The molecule has 0 saturated heterocycles. The summed E-state index contributed by atoms with van der Waals surface area (Å²) in [6, 6.07) is 20.3. The standard InChI is InChI=1S/C33H38FN7O4S/c1-22(25-11-4-3-5-12-25)31(44)37-32-41-40-30(46-32)14-7-6-13-26-15-16-27(39-38-26)36-28(42)18-23-9-8-10-24(17-23)20-35-29(43)19-33(2,45)21-34/h3-5,8-12,15-17,22,45H,6-7,13-14,18-21H2,1-2H3,(H,35,43)(H,36,39,42)(H,37,41,44). The van der Waals surface area contributed by atoms with E-state index in [1.54, 1.807) is 30.3 Å². The first kappa shape index (κ1) is 34.3. The highest BCUT2D eigenvalue weighted by molar-refractivity contribution is 7.15. The third-order valence-electron chi connectivity index (χ3n) is 7.13. The predicted octanol–water partition coefficient (Wildman–Crippen LogP) is 4.54. The largest absolute Gasteiger partial charge is 0.387 e. The fourth-order valence-electron chi connectivity index (χ4n) is 4.53. The molecular weight excluding hydrogens is 609 g/mol. The molecule has 0 bridgehead atoms. The van der Waals surface area contributed by atoms with Crippen LogP contribution in [0.15, 0.2) is 66.7 Å². The van der Waals surface area contributed by atoms with E-state index in [0.717, 1.165) is 46.7 Å². The van der Waals surface area contributed by atoms with Crippen molar-refractivity contribution in [2.75, 3.05) is 17.3 Å². The van der Waals surface area contributed by atoms with E-state index < -0.39 is 18.2 Å². The van der Waals surface area contributed by atoms with Crippen molar-refractivity contribution in [2.24, 2.45) is 0 Å². The second-order valence-corrected chi connectivity index (χ2v) is 12.4. The van der Waals surface area contributed by atoms with E-state index in [1.807, 2.05) is 43.3 Å². The van der Waals surface area contributed by atoms with E-state index in [9.17, 15) is 23.9 Å².